The predicted molar refractivity (Wildman–Crippen MR) is 107 cm³/mol. The SMILES string of the molecule is COc1ccc(NC(=O)C(C)OC(=O)c2cccc(CS(C)=O)c2)cc1OC. The quantitative estimate of drug-likeness (QED) is 0.679. The molecule has 0 bridgehead atoms. The van der Waals surface area contributed by atoms with Crippen LogP contribution in [0.25, 0.3) is 0 Å². The van der Waals surface area contributed by atoms with Gasteiger partial charge in [0.2, 0.25) is 0 Å². The van der Waals surface area contributed by atoms with Crippen LogP contribution >= 0.6 is 0 Å². The zero-order chi connectivity index (χ0) is 20.7. The molecule has 0 aromatic heterocycles. The molecule has 28 heavy (non-hydrogen) atoms. The lowest BCUT2D eigenvalue weighted by molar-refractivity contribution is -0.123. The summed E-state index contributed by atoms with van der Waals surface area (Å²) in [5.74, 6) is 0.240. The number of nitrogens with one attached hydrogen (secondary N) is 1. The highest BCUT2D eigenvalue weighted by molar-refractivity contribution is 7.83. The van der Waals surface area contributed by atoms with E-state index >= 15 is 0 Å². The second-order valence-electron chi connectivity index (χ2n) is 6.02. The number of hydrogen-bond donors (Lipinski definition) is 1. The molecule has 7 nitrogen and oxygen atoms in total. The van der Waals surface area contributed by atoms with Crippen molar-refractivity contribution >= 4 is 28.4 Å². The molecule has 1 N–H and O–H groups in total. The second-order valence-corrected chi connectivity index (χ2v) is 7.46. The number of benzene rings is 2. The zero-order valence-corrected chi connectivity index (χ0v) is 17.0. The first-order valence-corrected chi connectivity index (χ1v) is 10.2. The van der Waals surface area contributed by atoms with Gasteiger partial charge in [-0.25, -0.2) is 4.79 Å². The number of carbonyl (C=O) groups excluding carboxylic acids is 2. The average Bonchev–Trinajstić information content (AvgIpc) is 2.67. The first kappa shape index (κ1) is 21.4. The molecule has 2 unspecified atom stereocenters. The molecule has 2 atom stereocenters. The van der Waals surface area contributed by atoms with Crippen LogP contribution in [0.2, 0.25) is 0 Å². The molecule has 2 aromatic carbocycles. The molecular weight excluding hydrogens is 382 g/mol. The number of amides is 1. The molecule has 1 amide bonds. The van der Waals surface area contributed by atoms with E-state index < -0.39 is 28.8 Å². The van der Waals surface area contributed by atoms with Gasteiger partial charge in [0, 0.05) is 34.6 Å². The molecule has 150 valence electrons. The van der Waals surface area contributed by atoms with Crippen LogP contribution in [0.1, 0.15) is 22.8 Å². The van der Waals surface area contributed by atoms with Gasteiger partial charge in [0.05, 0.1) is 19.8 Å². The second kappa shape index (κ2) is 9.89. The molecule has 0 spiro atoms. The van der Waals surface area contributed by atoms with Gasteiger partial charge in [-0.1, -0.05) is 12.1 Å². The monoisotopic (exact) mass is 405 g/mol. The third-order valence-corrected chi connectivity index (χ3v) is 4.58. The van der Waals surface area contributed by atoms with Crippen molar-refractivity contribution in [2.75, 3.05) is 25.8 Å². The molecule has 0 radical (unpaired) electrons. The Bertz CT molecular complexity index is 883. The molecule has 2 rings (SSSR count). The van der Waals surface area contributed by atoms with E-state index in [0.29, 0.717) is 28.5 Å². The van der Waals surface area contributed by atoms with Gasteiger partial charge in [-0.05, 0) is 36.8 Å². The highest BCUT2D eigenvalue weighted by Crippen LogP contribution is 2.29. The van der Waals surface area contributed by atoms with Crippen LogP contribution in [0, 0.1) is 0 Å². The van der Waals surface area contributed by atoms with E-state index in [0.717, 1.165) is 5.56 Å². The average molecular weight is 405 g/mol. The van der Waals surface area contributed by atoms with E-state index in [2.05, 4.69) is 5.32 Å². The fourth-order valence-corrected chi connectivity index (χ4v) is 3.11. The summed E-state index contributed by atoms with van der Waals surface area (Å²) in [5.41, 5.74) is 1.55. The molecular formula is C20H23NO6S. The van der Waals surface area contributed by atoms with E-state index in [4.69, 9.17) is 14.2 Å². The number of esters is 1. The van der Waals surface area contributed by atoms with Gasteiger partial charge >= 0.3 is 5.97 Å². The minimum Gasteiger partial charge on any atom is -0.493 e. The molecule has 8 heteroatoms. The summed E-state index contributed by atoms with van der Waals surface area (Å²) in [6.07, 6.45) is 0.579. The van der Waals surface area contributed by atoms with Crippen LogP contribution in [-0.2, 0) is 26.1 Å². The predicted octanol–water partition coefficient (Wildman–Crippen LogP) is 2.77. The van der Waals surface area contributed by atoms with E-state index in [1.165, 1.54) is 21.1 Å². The van der Waals surface area contributed by atoms with Gasteiger partial charge in [0.25, 0.3) is 5.91 Å². The Morgan fingerprint density at radius 1 is 1.07 bits per heavy atom. The Hall–Kier alpha value is -2.87. The first-order chi connectivity index (χ1) is 13.3. The lowest BCUT2D eigenvalue weighted by Gasteiger charge is -2.15. The molecule has 0 aliphatic heterocycles. The maximum atomic E-state index is 12.3. The fraction of sp³-hybridized carbons (Fsp3) is 0.300. The maximum Gasteiger partial charge on any atom is 0.338 e. The number of rotatable bonds is 8. The molecule has 0 heterocycles. The summed E-state index contributed by atoms with van der Waals surface area (Å²) in [6.45, 7) is 1.49. The molecule has 0 saturated heterocycles. The third kappa shape index (κ3) is 5.82. The topological polar surface area (TPSA) is 90.9 Å². The number of ether oxygens (including phenoxy) is 3. The summed E-state index contributed by atoms with van der Waals surface area (Å²) in [7, 11) is 2.00. The van der Waals surface area contributed by atoms with E-state index in [-0.39, 0.29) is 0 Å². The highest BCUT2D eigenvalue weighted by atomic mass is 32.2. The minimum absolute atomic E-state index is 0.300. The van der Waals surface area contributed by atoms with Crippen molar-refractivity contribution in [3.8, 4) is 11.5 Å². The number of methoxy groups -OCH3 is 2. The normalized spacial score (nSPS) is 12.6. The van der Waals surface area contributed by atoms with Crippen molar-refractivity contribution in [3.63, 3.8) is 0 Å². The zero-order valence-electron chi connectivity index (χ0n) is 16.2. The smallest absolute Gasteiger partial charge is 0.338 e. The van der Waals surface area contributed by atoms with E-state index in [9.17, 15) is 13.8 Å². The third-order valence-electron chi connectivity index (χ3n) is 3.84. The summed E-state index contributed by atoms with van der Waals surface area (Å²) >= 11 is 0. The van der Waals surface area contributed by atoms with Gasteiger partial charge < -0.3 is 19.5 Å². The van der Waals surface area contributed by atoms with Crippen LogP contribution in [0.3, 0.4) is 0 Å². The Morgan fingerprint density at radius 3 is 2.43 bits per heavy atom. The Balaban J connectivity index is 2.02. The van der Waals surface area contributed by atoms with Gasteiger partial charge in [0.15, 0.2) is 17.6 Å². The van der Waals surface area contributed by atoms with Crippen molar-refractivity contribution < 1.29 is 28.0 Å². The van der Waals surface area contributed by atoms with Crippen LogP contribution in [0.4, 0.5) is 5.69 Å². The Kier molecular flexibility index (Phi) is 7.57. The standard InChI is InChI=1S/C20H23NO6S/c1-13(19(22)21-16-8-9-17(25-2)18(11-16)26-3)27-20(23)15-7-5-6-14(10-15)12-28(4)24/h5-11,13H,12H2,1-4H3,(H,21,22). The molecule has 0 aliphatic rings. The molecule has 0 fully saturated rings. The largest absolute Gasteiger partial charge is 0.493 e. The summed E-state index contributed by atoms with van der Waals surface area (Å²) < 4.78 is 26.9. The number of anilines is 1. The summed E-state index contributed by atoms with van der Waals surface area (Å²) in [6, 6.07) is 11.6. The van der Waals surface area contributed by atoms with E-state index in [1.807, 2.05) is 0 Å². The van der Waals surface area contributed by atoms with Gasteiger partial charge in [-0.2, -0.15) is 0 Å². The number of hydrogen-bond acceptors (Lipinski definition) is 6. The van der Waals surface area contributed by atoms with Crippen LogP contribution in [0.5, 0.6) is 11.5 Å². The molecule has 2 aromatic rings. The van der Waals surface area contributed by atoms with Crippen molar-refractivity contribution in [2.45, 2.75) is 18.8 Å². The summed E-state index contributed by atoms with van der Waals surface area (Å²) in [5, 5.41) is 2.67. The highest BCUT2D eigenvalue weighted by Gasteiger charge is 2.20. The molecule has 0 saturated carbocycles. The molecule has 0 aliphatic carbocycles. The van der Waals surface area contributed by atoms with Gasteiger partial charge in [-0.3, -0.25) is 9.00 Å². The van der Waals surface area contributed by atoms with Crippen molar-refractivity contribution in [3.05, 3.63) is 53.6 Å². The fourth-order valence-electron chi connectivity index (χ4n) is 2.46. The lowest BCUT2D eigenvalue weighted by atomic mass is 10.1. The number of carbonyl (C=O) groups is 2. The minimum atomic E-state index is -1.02. The van der Waals surface area contributed by atoms with Gasteiger partial charge in [0.1, 0.15) is 0 Å². The maximum absolute atomic E-state index is 12.3. The van der Waals surface area contributed by atoms with Crippen molar-refractivity contribution in [2.24, 2.45) is 0 Å². The van der Waals surface area contributed by atoms with Crippen LogP contribution in [0.15, 0.2) is 42.5 Å². The summed E-state index contributed by atoms with van der Waals surface area (Å²) in [4.78, 5) is 24.7. The van der Waals surface area contributed by atoms with Crippen molar-refractivity contribution in [1.29, 1.82) is 0 Å². The van der Waals surface area contributed by atoms with E-state index in [1.54, 1.807) is 48.7 Å². The van der Waals surface area contributed by atoms with Crippen LogP contribution < -0.4 is 14.8 Å². The van der Waals surface area contributed by atoms with Gasteiger partial charge in [-0.15, -0.1) is 0 Å². The Morgan fingerprint density at radius 2 is 1.79 bits per heavy atom. The van der Waals surface area contributed by atoms with Crippen LogP contribution in [-0.4, -0.2) is 42.7 Å². The Labute approximate surface area is 166 Å². The van der Waals surface area contributed by atoms with Crippen molar-refractivity contribution in [1.82, 2.24) is 0 Å². The first-order valence-electron chi connectivity index (χ1n) is 8.47. The lowest BCUT2D eigenvalue weighted by Crippen LogP contribution is -2.30.